The molecular weight excluding hydrogens is 351 g/mol. The lowest BCUT2D eigenvalue weighted by molar-refractivity contribution is 0.304. The van der Waals surface area contributed by atoms with Crippen molar-refractivity contribution in [2.24, 2.45) is 0 Å². The number of rotatable bonds is 4. The molecule has 142 valence electrons. The maximum Gasteiger partial charge on any atom is 0.123 e. The van der Waals surface area contributed by atoms with Crippen molar-refractivity contribution >= 4 is 5.69 Å². The summed E-state index contributed by atoms with van der Waals surface area (Å²) in [5.74, 6) is -0.166. The van der Waals surface area contributed by atoms with Crippen LogP contribution in [-0.4, -0.2) is 34.5 Å². The molecule has 28 heavy (non-hydrogen) atoms. The van der Waals surface area contributed by atoms with E-state index < -0.39 is 0 Å². The second-order valence-corrected chi connectivity index (χ2v) is 7.92. The number of halogens is 1. The van der Waals surface area contributed by atoms with Gasteiger partial charge >= 0.3 is 0 Å². The fourth-order valence-electron chi connectivity index (χ4n) is 4.72. The van der Waals surface area contributed by atoms with Gasteiger partial charge in [0.2, 0.25) is 0 Å². The Kier molecular flexibility index (Phi) is 4.32. The number of aromatic nitrogens is 2. The Morgan fingerprint density at radius 1 is 0.929 bits per heavy atom. The summed E-state index contributed by atoms with van der Waals surface area (Å²) in [6.45, 7) is 4.48. The summed E-state index contributed by atoms with van der Waals surface area (Å²) in [6.07, 6.45) is 4.83. The zero-order valence-corrected chi connectivity index (χ0v) is 15.8. The molecule has 0 unspecified atom stereocenters. The Bertz CT molecular complexity index is 977. The molecule has 1 fully saturated rings. The monoisotopic (exact) mass is 374 g/mol. The van der Waals surface area contributed by atoms with E-state index in [1.54, 1.807) is 12.1 Å². The van der Waals surface area contributed by atoms with Crippen molar-refractivity contribution in [1.29, 1.82) is 0 Å². The topological polar surface area (TPSA) is 32.3 Å². The number of pyridine rings is 2. The summed E-state index contributed by atoms with van der Waals surface area (Å²) in [6, 6.07) is 17.2. The average molecular weight is 374 g/mol. The molecule has 0 radical (unpaired) electrons. The number of anilines is 1. The van der Waals surface area contributed by atoms with Crippen molar-refractivity contribution < 1.29 is 4.39 Å². The van der Waals surface area contributed by atoms with Gasteiger partial charge in [-0.3, -0.25) is 14.9 Å². The van der Waals surface area contributed by atoms with Crippen molar-refractivity contribution in [3.05, 3.63) is 89.8 Å². The normalized spacial score (nSPS) is 21.4. The van der Waals surface area contributed by atoms with E-state index in [-0.39, 0.29) is 11.2 Å². The van der Waals surface area contributed by atoms with E-state index in [1.165, 1.54) is 17.4 Å². The van der Waals surface area contributed by atoms with E-state index in [9.17, 15) is 4.39 Å². The highest BCUT2D eigenvalue weighted by atomic mass is 19.1. The molecule has 4 nitrogen and oxygen atoms in total. The first-order valence-electron chi connectivity index (χ1n) is 9.79. The Labute approximate surface area is 164 Å². The van der Waals surface area contributed by atoms with Crippen LogP contribution in [0, 0.1) is 5.82 Å². The van der Waals surface area contributed by atoms with Crippen LogP contribution in [0.25, 0.3) is 0 Å². The van der Waals surface area contributed by atoms with Gasteiger partial charge in [0.1, 0.15) is 5.82 Å². The molecule has 3 aromatic rings. The zero-order chi connectivity index (χ0) is 19.0. The number of fused-ring (bicyclic) bond motifs is 2. The Balaban J connectivity index is 1.38. The summed E-state index contributed by atoms with van der Waals surface area (Å²) in [4.78, 5) is 14.1. The molecule has 0 aliphatic carbocycles. The molecule has 1 spiro atoms. The third kappa shape index (κ3) is 3.16. The minimum atomic E-state index is -0.166. The first-order chi connectivity index (χ1) is 13.7. The fraction of sp³-hybridized carbons (Fsp3) is 0.304. The van der Waals surface area contributed by atoms with Crippen molar-refractivity contribution in [1.82, 2.24) is 14.9 Å². The molecular formula is C23H23FN4. The lowest BCUT2D eigenvalue weighted by Gasteiger charge is -2.26. The predicted octanol–water partition coefficient (Wildman–Crippen LogP) is 3.78. The van der Waals surface area contributed by atoms with Crippen LogP contribution in [0.5, 0.6) is 0 Å². The molecule has 2 aliphatic rings. The fourth-order valence-corrected chi connectivity index (χ4v) is 4.72. The standard InChI is InChI=1S/C23H23FN4/c24-19-6-3-5-18(13-19)14-27-12-9-23(16-27)17-28(15-20-7-1-2-10-25-20)21-8-4-11-26-22(21)23/h1-8,10-11,13H,9,12,14-17H2/t23-/m1/s1. The van der Waals surface area contributed by atoms with Crippen molar-refractivity contribution in [2.45, 2.75) is 24.9 Å². The van der Waals surface area contributed by atoms with Crippen LogP contribution in [0.2, 0.25) is 0 Å². The molecule has 0 bridgehead atoms. The molecule has 2 aromatic heterocycles. The lowest BCUT2D eigenvalue weighted by atomic mass is 9.85. The van der Waals surface area contributed by atoms with Crippen molar-refractivity contribution in [2.75, 3.05) is 24.5 Å². The van der Waals surface area contributed by atoms with Gasteiger partial charge in [0.25, 0.3) is 0 Å². The van der Waals surface area contributed by atoms with Gasteiger partial charge in [0.05, 0.1) is 23.6 Å². The molecule has 5 rings (SSSR count). The van der Waals surface area contributed by atoms with Gasteiger partial charge in [0, 0.05) is 37.4 Å². The number of benzene rings is 1. The molecule has 1 saturated heterocycles. The first-order valence-corrected chi connectivity index (χ1v) is 9.79. The number of hydrogen-bond donors (Lipinski definition) is 0. The van der Waals surface area contributed by atoms with Crippen LogP contribution in [0.4, 0.5) is 10.1 Å². The van der Waals surface area contributed by atoms with E-state index >= 15 is 0 Å². The minimum Gasteiger partial charge on any atom is -0.363 e. The maximum absolute atomic E-state index is 13.5. The van der Waals surface area contributed by atoms with Crippen LogP contribution >= 0.6 is 0 Å². The van der Waals surface area contributed by atoms with Gasteiger partial charge in [-0.05, 0) is 54.9 Å². The van der Waals surface area contributed by atoms with Gasteiger partial charge in [0.15, 0.2) is 0 Å². The van der Waals surface area contributed by atoms with Crippen LogP contribution in [0.15, 0.2) is 67.0 Å². The second kappa shape index (κ2) is 6.99. The van der Waals surface area contributed by atoms with E-state index in [4.69, 9.17) is 4.98 Å². The predicted molar refractivity (Wildman–Crippen MR) is 107 cm³/mol. The molecule has 4 heterocycles. The molecule has 5 heteroatoms. The molecule has 1 aromatic carbocycles. The van der Waals surface area contributed by atoms with Crippen molar-refractivity contribution in [3.8, 4) is 0 Å². The van der Waals surface area contributed by atoms with E-state index in [2.05, 4.69) is 26.9 Å². The Morgan fingerprint density at radius 3 is 2.71 bits per heavy atom. The summed E-state index contributed by atoms with van der Waals surface area (Å²) in [7, 11) is 0. The molecule has 0 amide bonds. The van der Waals surface area contributed by atoms with Gasteiger partial charge < -0.3 is 4.90 Å². The lowest BCUT2D eigenvalue weighted by Crippen LogP contribution is -2.36. The van der Waals surface area contributed by atoms with Crippen LogP contribution in [-0.2, 0) is 18.5 Å². The highest BCUT2D eigenvalue weighted by Crippen LogP contribution is 2.45. The highest BCUT2D eigenvalue weighted by molar-refractivity contribution is 5.60. The van der Waals surface area contributed by atoms with Crippen molar-refractivity contribution in [3.63, 3.8) is 0 Å². The first kappa shape index (κ1) is 17.3. The third-order valence-corrected chi connectivity index (χ3v) is 5.93. The highest BCUT2D eigenvalue weighted by Gasteiger charge is 2.48. The number of nitrogens with zero attached hydrogens (tertiary/aromatic N) is 4. The van der Waals surface area contributed by atoms with Gasteiger partial charge in [-0.2, -0.15) is 0 Å². The summed E-state index contributed by atoms with van der Waals surface area (Å²) in [5, 5.41) is 0. The second-order valence-electron chi connectivity index (χ2n) is 7.92. The van der Waals surface area contributed by atoms with E-state index in [0.717, 1.165) is 50.4 Å². The van der Waals surface area contributed by atoms with Crippen LogP contribution in [0.3, 0.4) is 0 Å². The summed E-state index contributed by atoms with van der Waals surface area (Å²) in [5.41, 5.74) is 4.57. The van der Waals surface area contributed by atoms with E-state index in [0.29, 0.717) is 0 Å². The Hall–Kier alpha value is -2.79. The van der Waals surface area contributed by atoms with Gasteiger partial charge in [-0.25, -0.2) is 4.39 Å². The zero-order valence-electron chi connectivity index (χ0n) is 15.8. The average Bonchev–Trinajstić information content (AvgIpc) is 3.25. The van der Waals surface area contributed by atoms with Crippen LogP contribution in [0.1, 0.15) is 23.4 Å². The van der Waals surface area contributed by atoms with Crippen LogP contribution < -0.4 is 4.90 Å². The molecule has 2 aliphatic heterocycles. The summed E-state index contributed by atoms with van der Waals surface area (Å²) < 4.78 is 13.5. The van der Waals surface area contributed by atoms with Gasteiger partial charge in [-0.15, -0.1) is 0 Å². The quantitative estimate of drug-likeness (QED) is 0.696. The molecule has 0 N–H and O–H groups in total. The summed E-state index contributed by atoms with van der Waals surface area (Å²) >= 11 is 0. The van der Waals surface area contributed by atoms with Gasteiger partial charge in [-0.1, -0.05) is 18.2 Å². The smallest absolute Gasteiger partial charge is 0.123 e. The largest absolute Gasteiger partial charge is 0.363 e. The number of hydrogen-bond acceptors (Lipinski definition) is 4. The SMILES string of the molecule is Fc1cccc(CN2CC[C@@]3(C2)CN(Cc2ccccn2)c2cccnc23)c1. The Morgan fingerprint density at radius 2 is 1.86 bits per heavy atom. The molecule has 1 atom stereocenters. The minimum absolute atomic E-state index is 0.0404. The number of likely N-dealkylation sites (tertiary alicyclic amines) is 1. The maximum atomic E-state index is 13.5. The molecule has 0 saturated carbocycles. The third-order valence-electron chi connectivity index (χ3n) is 5.93. The van der Waals surface area contributed by atoms with E-state index in [1.807, 2.05) is 36.7 Å².